The number of carbonyl (C=O) groups excluding carboxylic acids is 2. The number of carbonyl (C=O) groups is 2. The van der Waals surface area contributed by atoms with Crippen molar-refractivity contribution >= 4 is 34.2 Å². The predicted molar refractivity (Wildman–Crippen MR) is 121 cm³/mol. The van der Waals surface area contributed by atoms with E-state index in [0.29, 0.717) is 37.4 Å². The summed E-state index contributed by atoms with van der Waals surface area (Å²) < 4.78 is 11.2. The SMILES string of the molecule is COc1cccc(N2CCN(C(=O)c3oc4ccccc4c3NC(=O)C(C)C)CC2)c1. The minimum Gasteiger partial charge on any atom is -0.497 e. The van der Waals surface area contributed by atoms with Gasteiger partial charge in [0, 0.05) is 49.2 Å². The van der Waals surface area contributed by atoms with Gasteiger partial charge in [0.15, 0.2) is 0 Å². The Balaban J connectivity index is 1.54. The molecule has 0 saturated carbocycles. The number of rotatable bonds is 5. The van der Waals surface area contributed by atoms with Crippen LogP contribution in [0, 0.1) is 5.92 Å². The molecule has 1 N–H and O–H groups in total. The lowest BCUT2D eigenvalue weighted by Crippen LogP contribution is -2.48. The zero-order valence-corrected chi connectivity index (χ0v) is 18.1. The van der Waals surface area contributed by atoms with Crippen LogP contribution < -0.4 is 15.0 Å². The molecule has 2 aromatic carbocycles. The molecule has 7 heteroatoms. The van der Waals surface area contributed by atoms with E-state index in [1.807, 2.05) is 56.3 Å². The van der Waals surface area contributed by atoms with Crippen molar-refractivity contribution in [2.75, 3.05) is 43.5 Å². The molecule has 31 heavy (non-hydrogen) atoms. The Kier molecular flexibility index (Phi) is 5.84. The van der Waals surface area contributed by atoms with E-state index < -0.39 is 0 Å². The van der Waals surface area contributed by atoms with Gasteiger partial charge in [-0.05, 0) is 24.3 Å². The van der Waals surface area contributed by atoms with Crippen molar-refractivity contribution in [1.29, 1.82) is 0 Å². The fourth-order valence-electron chi connectivity index (χ4n) is 3.71. The van der Waals surface area contributed by atoms with Crippen molar-refractivity contribution in [3.8, 4) is 5.75 Å². The molecule has 2 amide bonds. The monoisotopic (exact) mass is 421 g/mol. The fourth-order valence-corrected chi connectivity index (χ4v) is 3.71. The van der Waals surface area contributed by atoms with Crippen LogP contribution in [0.25, 0.3) is 11.0 Å². The van der Waals surface area contributed by atoms with Gasteiger partial charge < -0.3 is 24.3 Å². The Morgan fingerprint density at radius 1 is 1.03 bits per heavy atom. The normalized spacial score (nSPS) is 14.2. The van der Waals surface area contributed by atoms with E-state index in [1.54, 1.807) is 18.1 Å². The second-order valence-electron chi connectivity index (χ2n) is 7.93. The van der Waals surface area contributed by atoms with Crippen LogP contribution in [-0.2, 0) is 4.79 Å². The number of amides is 2. The minimum atomic E-state index is -0.208. The molecule has 1 aliphatic rings. The maximum atomic E-state index is 13.3. The van der Waals surface area contributed by atoms with Crippen molar-refractivity contribution in [2.45, 2.75) is 13.8 Å². The van der Waals surface area contributed by atoms with E-state index >= 15 is 0 Å². The summed E-state index contributed by atoms with van der Waals surface area (Å²) in [6.07, 6.45) is 0. The molecular formula is C24H27N3O4. The van der Waals surface area contributed by atoms with E-state index in [2.05, 4.69) is 10.2 Å². The number of nitrogens with one attached hydrogen (secondary N) is 1. The lowest BCUT2D eigenvalue weighted by molar-refractivity contribution is -0.118. The van der Waals surface area contributed by atoms with Crippen LogP contribution >= 0.6 is 0 Å². The molecule has 0 atom stereocenters. The van der Waals surface area contributed by atoms with E-state index in [1.165, 1.54) is 0 Å². The average molecular weight is 421 g/mol. The van der Waals surface area contributed by atoms with E-state index in [0.717, 1.165) is 16.8 Å². The minimum absolute atomic E-state index is 0.150. The van der Waals surface area contributed by atoms with Gasteiger partial charge >= 0.3 is 0 Å². The van der Waals surface area contributed by atoms with E-state index in [9.17, 15) is 9.59 Å². The number of methoxy groups -OCH3 is 1. The first-order valence-electron chi connectivity index (χ1n) is 10.5. The fraction of sp³-hybridized carbons (Fsp3) is 0.333. The van der Waals surface area contributed by atoms with Gasteiger partial charge in [0.1, 0.15) is 17.0 Å². The number of para-hydroxylation sites is 1. The summed E-state index contributed by atoms with van der Waals surface area (Å²) in [5, 5.41) is 3.63. The number of fused-ring (bicyclic) bond motifs is 1. The molecule has 0 aliphatic carbocycles. The summed E-state index contributed by atoms with van der Waals surface area (Å²) in [6, 6.07) is 15.3. The van der Waals surface area contributed by atoms with Crippen LogP contribution in [0.4, 0.5) is 11.4 Å². The Morgan fingerprint density at radius 3 is 2.48 bits per heavy atom. The molecule has 0 radical (unpaired) electrons. The second kappa shape index (κ2) is 8.71. The summed E-state index contributed by atoms with van der Waals surface area (Å²) in [6.45, 7) is 6.16. The van der Waals surface area contributed by atoms with Crippen molar-refractivity contribution in [3.63, 3.8) is 0 Å². The topological polar surface area (TPSA) is 75.0 Å². The number of ether oxygens (including phenoxy) is 1. The van der Waals surface area contributed by atoms with Gasteiger partial charge in [0.05, 0.1) is 7.11 Å². The number of nitrogens with zero attached hydrogens (tertiary/aromatic N) is 2. The zero-order valence-electron chi connectivity index (χ0n) is 18.1. The number of furan rings is 1. The summed E-state index contributed by atoms with van der Waals surface area (Å²) >= 11 is 0. The van der Waals surface area contributed by atoms with Crippen LogP contribution in [0.5, 0.6) is 5.75 Å². The molecule has 1 saturated heterocycles. The summed E-state index contributed by atoms with van der Waals surface area (Å²) in [4.78, 5) is 29.7. The Labute approximate surface area is 181 Å². The second-order valence-corrected chi connectivity index (χ2v) is 7.93. The molecule has 0 unspecified atom stereocenters. The quantitative estimate of drug-likeness (QED) is 0.674. The van der Waals surface area contributed by atoms with Crippen molar-refractivity contribution in [1.82, 2.24) is 4.90 Å². The largest absolute Gasteiger partial charge is 0.497 e. The molecule has 3 aromatic rings. The first-order chi connectivity index (χ1) is 15.0. The van der Waals surface area contributed by atoms with Crippen LogP contribution in [-0.4, -0.2) is 50.0 Å². The molecule has 162 valence electrons. The van der Waals surface area contributed by atoms with E-state index in [4.69, 9.17) is 9.15 Å². The number of piperazine rings is 1. The lowest BCUT2D eigenvalue weighted by atomic mass is 10.1. The van der Waals surface area contributed by atoms with Gasteiger partial charge in [-0.1, -0.05) is 32.0 Å². The van der Waals surface area contributed by atoms with Gasteiger partial charge in [-0.15, -0.1) is 0 Å². The summed E-state index contributed by atoms with van der Waals surface area (Å²) in [5.41, 5.74) is 2.11. The highest BCUT2D eigenvalue weighted by atomic mass is 16.5. The molecular weight excluding hydrogens is 394 g/mol. The lowest BCUT2D eigenvalue weighted by Gasteiger charge is -2.36. The van der Waals surface area contributed by atoms with Crippen LogP contribution in [0.1, 0.15) is 24.4 Å². The standard InChI is InChI=1S/C24H27N3O4/c1-16(2)23(28)25-21-19-9-4-5-10-20(19)31-22(21)24(29)27-13-11-26(12-14-27)17-7-6-8-18(15-17)30-3/h4-10,15-16H,11-14H2,1-3H3,(H,25,28). The average Bonchev–Trinajstić information content (AvgIpc) is 3.17. The third-order valence-corrected chi connectivity index (χ3v) is 5.55. The Morgan fingerprint density at radius 2 is 1.77 bits per heavy atom. The highest BCUT2D eigenvalue weighted by Crippen LogP contribution is 2.32. The zero-order chi connectivity index (χ0) is 22.0. The third kappa shape index (κ3) is 4.21. The van der Waals surface area contributed by atoms with Gasteiger partial charge in [0.25, 0.3) is 5.91 Å². The maximum Gasteiger partial charge on any atom is 0.291 e. The molecule has 1 aromatic heterocycles. The molecule has 2 heterocycles. The van der Waals surface area contributed by atoms with Gasteiger partial charge in [0.2, 0.25) is 11.7 Å². The van der Waals surface area contributed by atoms with Gasteiger partial charge in [-0.25, -0.2) is 0 Å². The van der Waals surface area contributed by atoms with Crippen molar-refractivity contribution in [2.24, 2.45) is 5.92 Å². The smallest absolute Gasteiger partial charge is 0.291 e. The summed E-state index contributed by atoms with van der Waals surface area (Å²) in [7, 11) is 1.65. The number of hydrogen-bond acceptors (Lipinski definition) is 5. The summed E-state index contributed by atoms with van der Waals surface area (Å²) in [5.74, 6) is 0.431. The van der Waals surface area contributed by atoms with Crippen LogP contribution in [0.15, 0.2) is 52.9 Å². The molecule has 0 spiro atoms. The highest BCUT2D eigenvalue weighted by Gasteiger charge is 2.29. The van der Waals surface area contributed by atoms with Gasteiger partial charge in [-0.2, -0.15) is 0 Å². The predicted octanol–water partition coefficient (Wildman–Crippen LogP) is 4.00. The van der Waals surface area contributed by atoms with Crippen LogP contribution in [0.2, 0.25) is 0 Å². The first kappa shape index (κ1) is 20.8. The number of benzene rings is 2. The molecule has 7 nitrogen and oxygen atoms in total. The third-order valence-electron chi connectivity index (χ3n) is 5.55. The Hall–Kier alpha value is -3.48. The molecule has 1 aliphatic heterocycles. The van der Waals surface area contributed by atoms with Gasteiger partial charge in [-0.3, -0.25) is 9.59 Å². The van der Waals surface area contributed by atoms with Crippen LogP contribution in [0.3, 0.4) is 0 Å². The molecule has 0 bridgehead atoms. The molecule has 4 rings (SSSR count). The first-order valence-corrected chi connectivity index (χ1v) is 10.5. The number of hydrogen-bond donors (Lipinski definition) is 1. The molecule has 1 fully saturated rings. The van der Waals surface area contributed by atoms with Crippen molar-refractivity contribution < 1.29 is 18.7 Å². The maximum absolute atomic E-state index is 13.3. The van der Waals surface area contributed by atoms with Crippen molar-refractivity contribution in [3.05, 3.63) is 54.3 Å². The highest BCUT2D eigenvalue weighted by molar-refractivity contribution is 6.11. The number of anilines is 2. The van der Waals surface area contributed by atoms with E-state index in [-0.39, 0.29) is 23.5 Å². The Bertz CT molecular complexity index is 1100.